The van der Waals surface area contributed by atoms with Gasteiger partial charge < -0.3 is 19.8 Å². The Kier molecular flexibility index (Phi) is 6.55. The zero-order chi connectivity index (χ0) is 21.0. The Morgan fingerprint density at radius 1 is 1.17 bits per heavy atom. The van der Waals surface area contributed by atoms with Crippen molar-refractivity contribution in [1.29, 1.82) is 0 Å². The lowest BCUT2D eigenvalue weighted by molar-refractivity contribution is -0.139. The monoisotopic (exact) mass is 401 g/mol. The third kappa shape index (κ3) is 4.60. The molecule has 1 heterocycles. The van der Waals surface area contributed by atoms with Crippen molar-refractivity contribution in [2.75, 3.05) is 20.3 Å². The van der Waals surface area contributed by atoms with E-state index < -0.39 is 11.5 Å². The standard InChI is InChI=1S/C23H28FNO4/c1-16(17-3-9-21(29-2)10-4-17)25-12-11-23(14-22(25)28,13-20(27)15-26)18-5-7-19(24)8-6-18/h3-10,16,20,26-27H,11-15H2,1-2H3/t16-,20-,23+/m1/s1. The molecule has 1 aliphatic rings. The number of nitrogens with zero attached hydrogens (tertiary/aromatic N) is 1. The van der Waals surface area contributed by atoms with Gasteiger partial charge in [0.1, 0.15) is 11.6 Å². The highest BCUT2D eigenvalue weighted by Gasteiger charge is 2.42. The van der Waals surface area contributed by atoms with Gasteiger partial charge in [-0.1, -0.05) is 24.3 Å². The van der Waals surface area contributed by atoms with Crippen LogP contribution >= 0.6 is 0 Å². The molecule has 6 heteroatoms. The topological polar surface area (TPSA) is 70.0 Å². The maximum atomic E-state index is 13.4. The molecule has 1 amide bonds. The first kappa shape index (κ1) is 21.3. The maximum Gasteiger partial charge on any atom is 0.223 e. The van der Waals surface area contributed by atoms with Gasteiger partial charge in [-0.05, 0) is 55.2 Å². The quantitative estimate of drug-likeness (QED) is 0.748. The third-order valence-corrected chi connectivity index (χ3v) is 6.00. The summed E-state index contributed by atoms with van der Waals surface area (Å²) in [6.45, 7) is 2.14. The minimum atomic E-state index is -0.932. The molecule has 156 valence electrons. The Bertz CT molecular complexity index is 824. The maximum absolute atomic E-state index is 13.4. The van der Waals surface area contributed by atoms with Crippen molar-refractivity contribution in [1.82, 2.24) is 4.90 Å². The number of carbonyl (C=O) groups excluding carboxylic acids is 1. The minimum Gasteiger partial charge on any atom is -0.497 e. The van der Waals surface area contributed by atoms with E-state index in [0.717, 1.165) is 16.9 Å². The van der Waals surface area contributed by atoms with Crippen LogP contribution in [0.15, 0.2) is 48.5 Å². The van der Waals surface area contributed by atoms with Gasteiger partial charge in [-0.3, -0.25) is 4.79 Å². The molecule has 0 aromatic heterocycles. The Morgan fingerprint density at radius 3 is 2.38 bits per heavy atom. The van der Waals surface area contributed by atoms with Crippen LogP contribution in [0.4, 0.5) is 4.39 Å². The Labute approximate surface area is 170 Å². The molecule has 2 aromatic rings. The number of carbonyl (C=O) groups is 1. The van der Waals surface area contributed by atoms with E-state index in [4.69, 9.17) is 4.74 Å². The van der Waals surface area contributed by atoms with Crippen molar-refractivity contribution in [2.45, 2.75) is 43.7 Å². The second-order valence-electron chi connectivity index (χ2n) is 7.79. The largest absolute Gasteiger partial charge is 0.497 e. The highest BCUT2D eigenvalue weighted by Crippen LogP contribution is 2.42. The van der Waals surface area contributed by atoms with Gasteiger partial charge in [-0.25, -0.2) is 4.39 Å². The fourth-order valence-electron chi connectivity index (χ4n) is 4.27. The molecule has 0 spiro atoms. The van der Waals surface area contributed by atoms with Crippen molar-refractivity contribution in [3.05, 3.63) is 65.5 Å². The first-order valence-electron chi connectivity index (χ1n) is 9.87. The third-order valence-electron chi connectivity index (χ3n) is 6.00. The molecule has 5 nitrogen and oxygen atoms in total. The van der Waals surface area contributed by atoms with Crippen molar-refractivity contribution in [2.24, 2.45) is 0 Å². The van der Waals surface area contributed by atoms with E-state index in [1.807, 2.05) is 36.1 Å². The van der Waals surface area contributed by atoms with Crippen LogP contribution in [0.2, 0.25) is 0 Å². The molecule has 0 aliphatic carbocycles. The SMILES string of the molecule is COc1ccc([C@@H](C)N2CC[C@@](C[C@@H](O)CO)(c3ccc(F)cc3)CC2=O)cc1. The number of likely N-dealkylation sites (tertiary alicyclic amines) is 1. The van der Waals surface area contributed by atoms with Crippen molar-refractivity contribution < 1.29 is 24.1 Å². The zero-order valence-electron chi connectivity index (χ0n) is 16.8. The summed E-state index contributed by atoms with van der Waals surface area (Å²) in [5.74, 6) is 0.400. The molecule has 0 unspecified atom stereocenters. The number of ether oxygens (including phenoxy) is 1. The molecule has 0 saturated carbocycles. The van der Waals surface area contributed by atoms with Crippen LogP contribution in [0.3, 0.4) is 0 Å². The van der Waals surface area contributed by atoms with E-state index in [0.29, 0.717) is 13.0 Å². The van der Waals surface area contributed by atoms with Crippen LogP contribution in [0.1, 0.15) is 43.4 Å². The summed E-state index contributed by atoms with van der Waals surface area (Å²) in [7, 11) is 1.61. The van der Waals surface area contributed by atoms with Gasteiger partial charge in [0.2, 0.25) is 5.91 Å². The molecule has 29 heavy (non-hydrogen) atoms. The van der Waals surface area contributed by atoms with E-state index in [1.54, 1.807) is 19.2 Å². The summed E-state index contributed by atoms with van der Waals surface area (Å²) in [6, 6.07) is 13.7. The average molecular weight is 401 g/mol. The predicted molar refractivity (Wildman–Crippen MR) is 108 cm³/mol. The Hall–Kier alpha value is -2.44. The number of aliphatic hydroxyl groups excluding tert-OH is 2. The fourth-order valence-corrected chi connectivity index (χ4v) is 4.27. The molecule has 1 fully saturated rings. The van der Waals surface area contributed by atoms with Crippen molar-refractivity contribution in [3.8, 4) is 5.75 Å². The number of methoxy groups -OCH3 is 1. The first-order valence-corrected chi connectivity index (χ1v) is 9.87. The number of aliphatic hydroxyl groups is 2. The van der Waals surface area contributed by atoms with Crippen LogP contribution in [-0.2, 0) is 10.2 Å². The number of amides is 1. The number of halogens is 1. The van der Waals surface area contributed by atoms with Crippen LogP contribution in [-0.4, -0.2) is 47.4 Å². The lowest BCUT2D eigenvalue weighted by Crippen LogP contribution is -2.48. The first-order chi connectivity index (χ1) is 13.9. The van der Waals surface area contributed by atoms with Gasteiger partial charge >= 0.3 is 0 Å². The molecular formula is C23H28FNO4. The number of rotatable bonds is 7. The molecule has 3 rings (SSSR count). The molecule has 2 aromatic carbocycles. The fraction of sp³-hybridized carbons (Fsp3) is 0.435. The normalized spacial score (nSPS) is 21.7. The molecule has 2 N–H and O–H groups in total. The summed E-state index contributed by atoms with van der Waals surface area (Å²) in [5.41, 5.74) is 1.21. The van der Waals surface area contributed by atoms with E-state index >= 15 is 0 Å². The van der Waals surface area contributed by atoms with Gasteiger partial charge in [0, 0.05) is 18.4 Å². The molecule has 1 aliphatic heterocycles. The highest BCUT2D eigenvalue weighted by molar-refractivity contribution is 5.79. The van der Waals surface area contributed by atoms with Gasteiger partial charge in [0.25, 0.3) is 0 Å². The second kappa shape index (κ2) is 8.93. The average Bonchev–Trinajstić information content (AvgIpc) is 2.73. The summed E-state index contributed by atoms with van der Waals surface area (Å²) >= 11 is 0. The van der Waals surface area contributed by atoms with Crippen LogP contribution in [0, 0.1) is 5.82 Å². The predicted octanol–water partition coefficient (Wildman–Crippen LogP) is 3.20. The lowest BCUT2D eigenvalue weighted by atomic mass is 9.68. The second-order valence-corrected chi connectivity index (χ2v) is 7.79. The Morgan fingerprint density at radius 2 is 1.83 bits per heavy atom. The smallest absolute Gasteiger partial charge is 0.223 e. The number of hydrogen-bond acceptors (Lipinski definition) is 4. The summed E-state index contributed by atoms with van der Waals surface area (Å²) in [4.78, 5) is 15.0. The van der Waals surface area contributed by atoms with Gasteiger partial charge in [-0.15, -0.1) is 0 Å². The number of hydrogen-bond donors (Lipinski definition) is 2. The van der Waals surface area contributed by atoms with E-state index in [9.17, 15) is 19.4 Å². The van der Waals surface area contributed by atoms with E-state index in [-0.39, 0.29) is 37.2 Å². The van der Waals surface area contributed by atoms with Gasteiger partial charge in [-0.2, -0.15) is 0 Å². The molecule has 0 radical (unpaired) electrons. The Balaban J connectivity index is 1.83. The lowest BCUT2D eigenvalue weighted by Gasteiger charge is -2.44. The molecule has 1 saturated heterocycles. The molecular weight excluding hydrogens is 373 g/mol. The van der Waals surface area contributed by atoms with E-state index in [1.165, 1.54) is 12.1 Å². The number of piperidine rings is 1. The summed E-state index contributed by atoms with van der Waals surface area (Å²) in [5, 5.41) is 19.5. The van der Waals surface area contributed by atoms with Gasteiger partial charge in [0.15, 0.2) is 0 Å². The van der Waals surface area contributed by atoms with Crippen molar-refractivity contribution >= 4 is 5.91 Å². The van der Waals surface area contributed by atoms with Crippen molar-refractivity contribution in [3.63, 3.8) is 0 Å². The number of benzene rings is 2. The van der Waals surface area contributed by atoms with Crippen LogP contribution < -0.4 is 4.74 Å². The van der Waals surface area contributed by atoms with Crippen LogP contribution in [0.5, 0.6) is 5.75 Å². The van der Waals surface area contributed by atoms with E-state index in [2.05, 4.69) is 0 Å². The summed E-state index contributed by atoms with van der Waals surface area (Å²) < 4.78 is 18.6. The summed E-state index contributed by atoms with van der Waals surface area (Å²) in [6.07, 6.45) is 0.155. The van der Waals surface area contributed by atoms with Crippen LogP contribution in [0.25, 0.3) is 0 Å². The zero-order valence-corrected chi connectivity index (χ0v) is 16.8. The minimum absolute atomic E-state index is 0.0194. The molecule has 3 atom stereocenters. The molecule has 0 bridgehead atoms. The van der Waals surface area contributed by atoms with Gasteiger partial charge in [0.05, 0.1) is 25.9 Å². The highest BCUT2D eigenvalue weighted by atomic mass is 19.1.